The van der Waals surface area contributed by atoms with Crippen LogP contribution < -0.4 is 20.3 Å². The summed E-state index contributed by atoms with van der Waals surface area (Å²) < 4.78 is 5.45. The molecule has 27 heavy (non-hydrogen) atoms. The van der Waals surface area contributed by atoms with E-state index in [-0.39, 0.29) is 24.0 Å². The Kier molecular flexibility index (Phi) is 6.55. The summed E-state index contributed by atoms with van der Waals surface area (Å²) in [4.78, 5) is 28.8. The molecule has 0 spiro atoms. The maximum atomic E-state index is 12.4. The molecule has 1 aliphatic heterocycles. The Morgan fingerprint density at radius 3 is 2.44 bits per heavy atom. The molecule has 2 fully saturated rings. The summed E-state index contributed by atoms with van der Waals surface area (Å²) in [5.41, 5.74) is 1.08. The first-order valence-corrected chi connectivity index (χ1v) is 9.82. The van der Waals surface area contributed by atoms with Gasteiger partial charge < -0.3 is 15.0 Å². The monoisotopic (exact) mass is 374 g/mol. The lowest BCUT2D eigenvalue weighted by molar-refractivity contribution is -0.124. The molecule has 1 heterocycles. The number of carbonyl (C=O) groups is 2. The van der Waals surface area contributed by atoms with Crippen molar-refractivity contribution >= 4 is 17.6 Å². The van der Waals surface area contributed by atoms with Crippen LogP contribution in [-0.4, -0.2) is 62.2 Å². The molecule has 1 aromatic rings. The van der Waals surface area contributed by atoms with Crippen LogP contribution in [0.25, 0.3) is 0 Å². The van der Waals surface area contributed by atoms with Gasteiger partial charge in [0.05, 0.1) is 18.8 Å². The number of nitrogens with one attached hydrogen (secondary N) is 2. The molecule has 1 saturated heterocycles. The van der Waals surface area contributed by atoms with Crippen LogP contribution in [0.15, 0.2) is 24.3 Å². The predicted molar refractivity (Wildman–Crippen MR) is 105 cm³/mol. The summed E-state index contributed by atoms with van der Waals surface area (Å²) in [6.07, 6.45) is 4.29. The Hall–Kier alpha value is -2.28. The molecule has 1 saturated carbocycles. The first-order chi connectivity index (χ1) is 13.1. The molecule has 1 aliphatic carbocycles. The summed E-state index contributed by atoms with van der Waals surface area (Å²) in [6.45, 7) is 5.00. The number of rotatable bonds is 5. The van der Waals surface area contributed by atoms with Crippen LogP contribution in [0.3, 0.4) is 0 Å². The SMILES string of the molecule is COc1ccccc1N1CCN([C@@H](C)C(=O)NC(=O)NC2CCCC2)CC1. The van der Waals surface area contributed by atoms with Crippen molar-refractivity contribution in [3.8, 4) is 5.75 Å². The maximum Gasteiger partial charge on any atom is 0.321 e. The topological polar surface area (TPSA) is 73.9 Å². The average molecular weight is 374 g/mol. The third-order valence-corrected chi connectivity index (χ3v) is 5.59. The Morgan fingerprint density at radius 2 is 1.78 bits per heavy atom. The molecule has 0 radical (unpaired) electrons. The van der Waals surface area contributed by atoms with Gasteiger partial charge in [-0.3, -0.25) is 15.0 Å². The van der Waals surface area contributed by atoms with E-state index in [0.717, 1.165) is 63.3 Å². The standard InChI is InChI=1S/C20H30N4O3/c1-15(19(25)22-20(26)21-16-7-3-4-8-16)23-11-13-24(14-12-23)17-9-5-6-10-18(17)27-2/h5-6,9-10,15-16H,3-4,7-8,11-14H2,1-2H3,(H2,21,22,25,26)/t15-/m0/s1. The lowest BCUT2D eigenvalue weighted by Crippen LogP contribution is -2.56. The number of nitrogens with zero attached hydrogens (tertiary/aromatic N) is 2. The van der Waals surface area contributed by atoms with Crippen molar-refractivity contribution in [2.75, 3.05) is 38.2 Å². The smallest absolute Gasteiger partial charge is 0.321 e. The van der Waals surface area contributed by atoms with Crippen LogP contribution in [0.5, 0.6) is 5.75 Å². The number of anilines is 1. The normalized spacial score (nSPS) is 19.6. The Morgan fingerprint density at radius 1 is 1.11 bits per heavy atom. The molecule has 3 rings (SSSR count). The average Bonchev–Trinajstić information content (AvgIpc) is 3.20. The second-order valence-corrected chi connectivity index (χ2v) is 7.31. The Bertz CT molecular complexity index is 652. The van der Waals surface area contributed by atoms with E-state index in [9.17, 15) is 9.59 Å². The molecular formula is C20H30N4O3. The first-order valence-electron chi connectivity index (χ1n) is 9.82. The summed E-state index contributed by atoms with van der Waals surface area (Å²) in [6, 6.07) is 7.48. The van der Waals surface area contributed by atoms with Crippen molar-refractivity contribution in [2.24, 2.45) is 0 Å². The summed E-state index contributed by atoms with van der Waals surface area (Å²) >= 11 is 0. The highest BCUT2D eigenvalue weighted by molar-refractivity contribution is 5.96. The number of hydrogen-bond acceptors (Lipinski definition) is 5. The summed E-state index contributed by atoms with van der Waals surface area (Å²) in [5.74, 6) is 0.622. The summed E-state index contributed by atoms with van der Waals surface area (Å²) in [7, 11) is 1.68. The van der Waals surface area contributed by atoms with Gasteiger partial charge in [-0.1, -0.05) is 25.0 Å². The molecule has 2 N–H and O–H groups in total. The van der Waals surface area contributed by atoms with Crippen LogP contribution in [0.4, 0.5) is 10.5 Å². The number of amides is 3. The summed E-state index contributed by atoms with van der Waals surface area (Å²) in [5, 5.41) is 5.40. The number of imide groups is 1. The number of para-hydroxylation sites is 2. The molecule has 0 aromatic heterocycles. The van der Waals surface area contributed by atoms with Gasteiger partial charge in [-0.25, -0.2) is 4.79 Å². The molecule has 7 nitrogen and oxygen atoms in total. The molecule has 148 valence electrons. The third-order valence-electron chi connectivity index (χ3n) is 5.59. The van der Waals surface area contributed by atoms with E-state index in [4.69, 9.17) is 4.74 Å². The number of benzene rings is 1. The molecule has 1 atom stereocenters. The number of methoxy groups -OCH3 is 1. The van der Waals surface area contributed by atoms with Crippen LogP contribution in [0, 0.1) is 0 Å². The van der Waals surface area contributed by atoms with Crippen molar-refractivity contribution in [2.45, 2.75) is 44.7 Å². The van der Waals surface area contributed by atoms with E-state index >= 15 is 0 Å². The van der Waals surface area contributed by atoms with Crippen LogP contribution in [0.1, 0.15) is 32.6 Å². The van der Waals surface area contributed by atoms with E-state index in [1.807, 2.05) is 25.1 Å². The van der Waals surface area contributed by atoms with E-state index in [1.54, 1.807) is 7.11 Å². The highest BCUT2D eigenvalue weighted by Crippen LogP contribution is 2.28. The van der Waals surface area contributed by atoms with E-state index in [2.05, 4.69) is 26.5 Å². The molecular weight excluding hydrogens is 344 g/mol. The van der Waals surface area contributed by atoms with E-state index in [1.165, 1.54) is 0 Å². The van der Waals surface area contributed by atoms with Gasteiger partial charge in [0.1, 0.15) is 5.75 Å². The second kappa shape index (κ2) is 9.08. The van der Waals surface area contributed by atoms with Crippen molar-refractivity contribution in [3.05, 3.63) is 24.3 Å². The van der Waals surface area contributed by atoms with Crippen LogP contribution in [0.2, 0.25) is 0 Å². The van der Waals surface area contributed by atoms with Crippen molar-refractivity contribution in [1.29, 1.82) is 0 Å². The first kappa shape index (κ1) is 19.5. The van der Waals surface area contributed by atoms with Gasteiger partial charge in [-0.15, -0.1) is 0 Å². The minimum absolute atomic E-state index is 0.206. The number of hydrogen-bond donors (Lipinski definition) is 2. The fraction of sp³-hybridized carbons (Fsp3) is 0.600. The zero-order valence-electron chi connectivity index (χ0n) is 16.2. The molecule has 2 aliphatic rings. The second-order valence-electron chi connectivity index (χ2n) is 7.31. The fourth-order valence-corrected chi connectivity index (χ4v) is 3.91. The molecule has 0 bridgehead atoms. The Labute approximate surface area is 161 Å². The molecule has 0 unspecified atom stereocenters. The zero-order valence-corrected chi connectivity index (χ0v) is 16.2. The van der Waals surface area contributed by atoms with E-state index in [0.29, 0.717) is 0 Å². The molecule has 7 heteroatoms. The van der Waals surface area contributed by atoms with Gasteiger partial charge in [-0.05, 0) is 31.9 Å². The highest BCUT2D eigenvalue weighted by atomic mass is 16.5. The fourth-order valence-electron chi connectivity index (χ4n) is 3.91. The van der Waals surface area contributed by atoms with Gasteiger partial charge in [-0.2, -0.15) is 0 Å². The third kappa shape index (κ3) is 4.91. The minimum atomic E-state index is -0.369. The van der Waals surface area contributed by atoms with Crippen LogP contribution in [-0.2, 0) is 4.79 Å². The number of piperazine rings is 1. The lowest BCUT2D eigenvalue weighted by Gasteiger charge is -2.38. The van der Waals surface area contributed by atoms with Crippen LogP contribution >= 0.6 is 0 Å². The Balaban J connectivity index is 1.48. The highest BCUT2D eigenvalue weighted by Gasteiger charge is 2.28. The van der Waals surface area contributed by atoms with Gasteiger partial charge >= 0.3 is 6.03 Å². The molecule has 1 aromatic carbocycles. The maximum absolute atomic E-state index is 12.4. The number of carbonyl (C=O) groups excluding carboxylic acids is 2. The quantitative estimate of drug-likeness (QED) is 0.824. The van der Waals surface area contributed by atoms with Crippen molar-refractivity contribution < 1.29 is 14.3 Å². The van der Waals surface area contributed by atoms with Gasteiger partial charge in [0.2, 0.25) is 5.91 Å². The number of ether oxygens (including phenoxy) is 1. The minimum Gasteiger partial charge on any atom is -0.495 e. The number of urea groups is 1. The zero-order chi connectivity index (χ0) is 19.2. The largest absolute Gasteiger partial charge is 0.495 e. The lowest BCUT2D eigenvalue weighted by atomic mass is 10.2. The molecule has 3 amide bonds. The van der Waals surface area contributed by atoms with Gasteiger partial charge in [0, 0.05) is 32.2 Å². The van der Waals surface area contributed by atoms with Gasteiger partial charge in [0.25, 0.3) is 0 Å². The van der Waals surface area contributed by atoms with E-state index < -0.39 is 0 Å². The van der Waals surface area contributed by atoms with Crippen molar-refractivity contribution in [1.82, 2.24) is 15.5 Å². The van der Waals surface area contributed by atoms with Crippen molar-refractivity contribution in [3.63, 3.8) is 0 Å². The predicted octanol–water partition coefficient (Wildman–Crippen LogP) is 1.97. The van der Waals surface area contributed by atoms with Gasteiger partial charge in [0.15, 0.2) is 0 Å².